The van der Waals surface area contributed by atoms with Crippen LogP contribution in [0.15, 0.2) is 42.6 Å². The summed E-state index contributed by atoms with van der Waals surface area (Å²) in [6.07, 6.45) is 3.21. The highest BCUT2D eigenvalue weighted by Gasteiger charge is 2.17. The standard InChI is InChI=1S/C20H21ClN2O5/c1-4-27-16-8-5-14(11-17(16)26-3)6-10-19(24)28-13(2)20(25)23-18-9-7-15(21)12-22-18/h5-13H,4H2,1-3H3,(H,22,23,25). The highest BCUT2D eigenvalue weighted by Crippen LogP contribution is 2.28. The van der Waals surface area contributed by atoms with Crippen LogP contribution in [-0.4, -0.2) is 36.7 Å². The number of esters is 1. The molecule has 1 unspecified atom stereocenters. The monoisotopic (exact) mass is 404 g/mol. The highest BCUT2D eigenvalue weighted by molar-refractivity contribution is 6.30. The smallest absolute Gasteiger partial charge is 0.331 e. The van der Waals surface area contributed by atoms with E-state index in [1.54, 1.807) is 36.4 Å². The lowest BCUT2D eigenvalue weighted by Crippen LogP contribution is -2.29. The molecule has 148 valence electrons. The zero-order valence-electron chi connectivity index (χ0n) is 15.8. The van der Waals surface area contributed by atoms with Crippen LogP contribution in [0.2, 0.25) is 5.02 Å². The van der Waals surface area contributed by atoms with Crippen LogP contribution in [-0.2, 0) is 14.3 Å². The first kappa shape index (κ1) is 21.2. The quantitative estimate of drug-likeness (QED) is 0.533. The van der Waals surface area contributed by atoms with E-state index in [4.69, 9.17) is 25.8 Å². The molecule has 8 heteroatoms. The molecule has 0 saturated heterocycles. The number of hydrogen-bond donors (Lipinski definition) is 1. The summed E-state index contributed by atoms with van der Waals surface area (Å²) in [6, 6.07) is 8.40. The number of rotatable bonds is 8. The summed E-state index contributed by atoms with van der Waals surface area (Å²) in [7, 11) is 1.54. The number of methoxy groups -OCH3 is 1. The summed E-state index contributed by atoms with van der Waals surface area (Å²) < 4.78 is 15.8. The second-order valence-corrected chi connectivity index (χ2v) is 6.04. The minimum absolute atomic E-state index is 0.314. The van der Waals surface area contributed by atoms with E-state index in [0.29, 0.717) is 28.9 Å². The number of aromatic nitrogens is 1. The molecule has 1 amide bonds. The molecular weight excluding hydrogens is 384 g/mol. The topological polar surface area (TPSA) is 86.8 Å². The van der Waals surface area contributed by atoms with E-state index in [1.165, 1.54) is 26.3 Å². The van der Waals surface area contributed by atoms with Gasteiger partial charge >= 0.3 is 5.97 Å². The molecule has 28 heavy (non-hydrogen) atoms. The van der Waals surface area contributed by atoms with Crippen molar-refractivity contribution in [3.63, 3.8) is 0 Å². The molecule has 2 aromatic rings. The summed E-state index contributed by atoms with van der Waals surface area (Å²) in [6.45, 7) is 3.86. The first-order valence-corrected chi connectivity index (χ1v) is 8.92. The Bertz CT molecular complexity index is 852. The molecule has 1 atom stereocenters. The van der Waals surface area contributed by atoms with E-state index >= 15 is 0 Å². The Kier molecular flexibility index (Phi) is 7.83. The number of anilines is 1. The summed E-state index contributed by atoms with van der Waals surface area (Å²) in [5.41, 5.74) is 0.722. The zero-order valence-corrected chi connectivity index (χ0v) is 16.5. The third-order valence-corrected chi connectivity index (χ3v) is 3.76. The van der Waals surface area contributed by atoms with Crippen molar-refractivity contribution in [2.75, 3.05) is 19.0 Å². The molecule has 0 spiro atoms. The molecule has 7 nitrogen and oxygen atoms in total. The molecule has 2 rings (SSSR count). The molecule has 1 aromatic carbocycles. The SMILES string of the molecule is CCOc1ccc(C=CC(=O)OC(C)C(=O)Nc2ccc(Cl)cn2)cc1OC. The normalized spacial score (nSPS) is 11.7. The van der Waals surface area contributed by atoms with Gasteiger partial charge in [-0.1, -0.05) is 17.7 Å². The van der Waals surface area contributed by atoms with Gasteiger partial charge in [0.2, 0.25) is 0 Å². The number of nitrogens with zero attached hydrogens (tertiary/aromatic N) is 1. The van der Waals surface area contributed by atoms with Crippen molar-refractivity contribution in [2.24, 2.45) is 0 Å². The molecule has 1 heterocycles. The van der Waals surface area contributed by atoms with Crippen LogP contribution in [0, 0.1) is 0 Å². The van der Waals surface area contributed by atoms with Crippen molar-refractivity contribution in [3.05, 3.63) is 53.2 Å². The Hall–Kier alpha value is -3.06. The molecule has 0 aliphatic rings. The second-order valence-electron chi connectivity index (χ2n) is 5.61. The molecule has 0 radical (unpaired) electrons. The molecule has 0 bridgehead atoms. The maximum Gasteiger partial charge on any atom is 0.331 e. The number of carbonyl (C=O) groups excluding carboxylic acids is 2. The first-order chi connectivity index (χ1) is 13.4. The van der Waals surface area contributed by atoms with Gasteiger partial charge < -0.3 is 19.5 Å². The molecule has 1 aromatic heterocycles. The largest absolute Gasteiger partial charge is 0.493 e. The minimum atomic E-state index is -0.996. The van der Waals surface area contributed by atoms with Gasteiger partial charge in [-0.3, -0.25) is 4.79 Å². The summed E-state index contributed by atoms with van der Waals surface area (Å²) in [5.74, 6) is 0.333. The van der Waals surface area contributed by atoms with Crippen LogP contribution < -0.4 is 14.8 Å². The number of benzene rings is 1. The Morgan fingerprint density at radius 2 is 2.04 bits per heavy atom. The van der Waals surface area contributed by atoms with Crippen LogP contribution in [0.4, 0.5) is 5.82 Å². The summed E-state index contributed by atoms with van der Waals surface area (Å²) in [5, 5.41) is 2.99. The average molecular weight is 405 g/mol. The predicted molar refractivity (Wildman–Crippen MR) is 107 cm³/mol. The second kappa shape index (κ2) is 10.3. The lowest BCUT2D eigenvalue weighted by molar-refractivity contribution is -0.148. The van der Waals surface area contributed by atoms with E-state index < -0.39 is 18.0 Å². The molecule has 1 N–H and O–H groups in total. The van der Waals surface area contributed by atoms with E-state index in [-0.39, 0.29) is 0 Å². The molecular formula is C20H21ClN2O5. The van der Waals surface area contributed by atoms with E-state index in [1.807, 2.05) is 6.92 Å². The lowest BCUT2D eigenvalue weighted by Gasteiger charge is -2.12. The zero-order chi connectivity index (χ0) is 20.5. The van der Waals surface area contributed by atoms with Gasteiger partial charge in [-0.2, -0.15) is 0 Å². The van der Waals surface area contributed by atoms with Crippen molar-refractivity contribution in [1.29, 1.82) is 0 Å². The minimum Gasteiger partial charge on any atom is -0.493 e. The van der Waals surface area contributed by atoms with E-state index in [9.17, 15) is 9.59 Å². The maximum atomic E-state index is 12.1. The van der Waals surface area contributed by atoms with Gasteiger partial charge in [-0.05, 0) is 49.8 Å². The Morgan fingerprint density at radius 1 is 1.25 bits per heavy atom. The van der Waals surface area contributed by atoms with Crippen LogP contribution in [0.3, 0.4) is 0 Å². The Morgan fingerprint density at radius 3 is 2.68 bits per heavy atom. The maximum absolute atomic E-state index is 12.1. The Labute approximate surface area is 168 Å². The molecule has 0 aliphatic carbocycles. The summed E-state index contributed by atoms with van der Waals surface area (Å²) in [4.78, 5) is 28.0. The van der Waals surface area contributed by atoms with Gasteiger partial charge in [-0.15, -0.1) is 0 Å². The fourth-order valence-electron chi connectivity index (χ4n) is 2.17. The van der Waals surface area contributed by atoms with Gasteiger partial charge in [0.05, 0.1) is 18.7 Å². The average Bonchev–Trinajstić information content (AvgIpc) is 2.69. The third kappa shape index (κ3) is 6.28. The van der Waals surface area contributed by atoms with Crippen LogP contribution in [0.25, 0.3) is 6.08 Å². The third-order valence-electron chi connectivity index (χ3n) is 3.54. The number of amides is 1. The fourth-order valence-corrected chi connectivity index (χ4v) is 2.28. The lowest BCUT2D eigenvalue weighted by atomic mass is 10.2. The van der Waals surface area contributed by atoms with Gasteiger partial charge in [0, 0.05) is 12.3 Å². The molecule has 0 aliphatic heterocycles. The van der Waals surface area contributed by atoms with E-state index in [2.05, 4.69) is 10.3 Å². The predicted octanol–water partition coefficient (Wildman–Crippen LogP) is 3.73. The van der Waals surface area contributed by atoms with E-state index in [0.717, 1.165) is 5.56 Å². The number of ether oxygens (including phenoxy) is 3. The fraction of sp³-hybridized carbons (Fsp3) is 0.250. The number of hydrogen-bond acceptors (Lipinski definition) is 6. The van der Waals surface area contributed by atoms with Crippen molar-refractivity contribution in [3.8, 4) is 11.5 Å². The van der Waals surface area contributed by atoms with Crippen LogP contribution in [0.1, 0.15) is 19.4 Å². The highest BCUT2D eigenvalue weighted by atomic mass is 35.5. The Balaban J connectivity index is 1.93. The van der Waals surface area contributed by atoms with Crippen molar-refractivity contribution < 1.29 is 23.8 Å². The first-order valence-electron chi connectivity index (χ1n) is 8.55. The van der Waals surface area contributed by atoms with Crippen molar-refractivity contribution >= 4 is 35.4 Å². The molecule has 0 fully saturated rings. The van der Waals surface area contributed by atoms with Crippen molar-refractivity contribution in [1.82, 2.24) is 4.98 Å². The van der Waals surface area contributed by atoms with Gasteiger partial charge in [-0.25, -0.2) is 9.78 Å². The van der Waals surface area contributed by atoms with Gasteiger partial charge in [0.1, 0.15) is 5.82 Å². The van der Waals surface area contributed by atoms with Crippen LogP contribution in [0.5, 0.6) is 11.5 Å². The van der Waals surface area contributed by atoms with Gasteiger partial charge in [0.25, 0.3) is 5.91 Å². The number of halogens is 1. The van der Waals surface area contributed by atoms with Crippen LogP contribution >= 0.6 is 11.6 Å². The number of nitrogens with one attached hydrogen (secondary N) is 1. The number of pyridine rings is 1. The molecule has 0 saturated carbocycles. The van der Waals surface area contributed by atoms with Crippen molar-refractivity contribution in [2.45, 2.75) is 20.0 Å². The van der Waals surface area contributed by atoms with Gasteiger partial charge in [0.15, 0.2) is 17.6 Å². The number of carbonyl (C=O) groups is 2. The summed E-state index contributed by atoms with van der Waals surface area (Å²) >= 11 is 5.74.